The number of nitrogens with zero attached hydrogens (tertiary/aromatic N) is 1. The van der Waals surface area contributed by atoms with Gasteiger partial charge >= 0.3 is 4.39 Å². The minimum atomic E-state index is -4.64. The Kier molecular flexibility index (Phi) is 6.98. The molecule has 0 aliphatic carbocycles. The summed E-state index contributed by atoms with van der Waals surface area (Å²) in [5.74, 6) is 0.119. The lowest BCUT2D eigenvalue weighted by Gasteiger charge is -2.36. The van der Waals surface area contributed by atoms with Crippen LogP contribution in [0.2, 0.25) is 0 Å². The highest BCUT2D eigenvalue weighted by molar-refractivity contribution is 14.1. The third-order valence-corrected chi connectivity index (χ3v) is 8.81. The summed E-state index contributed by atoms with van der Waals surface area (Å²) in [7, 11) is -4.64. The third-order valence-electron chi connectivity index (χ3n) is 3.70. The van der Waals surface area contributed by atoms with Gasteiger partial charge in [-0.2, -0.15) is 14.0 Å². The number of hydrogen-bond donors (Lipinski definition) is 1. The molecule has 2 aliphatic rings. The fourth-order valence-electron chi connectivity index (χ4n) is 2.61. The van der Waals surface area contributed by atoms with E-state index >= 15 is 0 Å². The van der Waals surface area contributed by atoms with Gasteiger partial charge in [-0.3, -0.25) is 0 Å². The molecule has 2 aliphatic heterocycles. The highest BCUT2D eigenvalue weighted by Gasteiger charge is 2.58. The lowest BCUT2D eigenvalue weighted by atomic mass is 10.2. The number of allylic oxidation sites excluding steroid dienone is 1. The van der Waals surface area contributed by atoms with Crippen molar-refractivity contribution < 1.29 is 38.4 Å². The van der Waals surface area contributed by atoms with Crippen molar-refractivity contribution in [2.45, 2.75) is 11.3 Å². The minimum absolute atomic E-state index is 0.119. The summed E-state index contributed by atoms with van der Waals surface area (Å²) in [6, 6.07) is 3.66. The minimum Gasteiger partial charge on any atom is -0.506 e. The maximum Gasteiger partial charge on any atom is 0.381 e. The fourth-order valence-corrected chi connectivity index (χ4v) is 8.43. The summed E-state index contributed by atoms with van der Waals surface area (Å²) in [6.07, 6.45) is 0. The third kappa shape index (κ3) is 4.75. The Morgan fingerprint density at radius 1 is 1.23 bits per heavy atom. The summed E-state index contributed by atoms with van der Waals surface area (Å²) in [5.41, 5.74) is 0.593. The van der Waals surface area contributed by atoms with E-state index in [2.05, 4.69) is 22.6 Å². The first-order valence-electron chi connectivity index (χ1n) is 7.33. The van der Waals surface area contributed by atoms with E-state index in [-0.39, 0.29) is 5.75 Å². The van der Waals surface area contributed by atoms with Crippen LogP contribution in [0.5, 0.6) is 5.75 Å². The van der Waals surface area contributed by atoms with Gasteiger partial charge in [0.25, 0.3) is 0 Å². The first-order chi connectivity index (χ1) is 12.1. The molecule has 0 aromatic heterocycles. The Morgan fingerprint density at radius 3 is 2.50 bits per heavy atom. The van der Waals surface area contributed by atoms with Crippen molar-refractivity contribution in [3.8, 4) is 5.75 Å². The molecular weight excluding hydrogens is 632 g/mol. The molecule has 0 spiro atoms. The normalized spacial score (nSPS) is 25.2. The Balaban J connectivity index is 1.99. The number of phenols is 1. The second kappa shape index (κ2) is 8.38. The van der Waals surface area contributed by atoms with Crippen LogP contribution in [0.1, 0.15) is 12.5 Å². The van der Waals surface area contributed by atoms with Crippen molar-refractivity contribution in [3.63, 3.8) is 0 Å². The van der Waals surface area contributed by atoms with Gasteiger partial charge in [-0.15, -0.1) is 0 Å². The molecule has 2 heterocycles. The van der Waals surface area contributed by atoms with Crippen LogP contribution < -0.4 is 14.0 Å². The first kappa shape index (κ1) is 21.7. The second-order valence-electron chi connectivity index (χ2n) is 5.45. The van der Waals surface area contributed by atoms with Crippen molar-refractivity contribution in [1.29, 1.82) is 0 Å². The van der Waals surface area contributed by atoms with Crippen LogP contribution in [0.15, 0.2) is 17.0 Å². The number of phenolic OH excluding ortho intramolecular Hbond substituents is 1. The van der Waals surface area contributed by atoms with E-state index in [0.717, 1.165) is 32.0 Å². The molecule has 12 heteroatoms. The predicted molar refractivity (Wildman–Crippen MR) is 108 cm³/mol. The van der Waals surface area contributed by atoms with Gasteiger partial charge in [0.2, 0.25) is 0 Å². The summed E-state index contributed by atoms with van der Waals surface area (Å²) in [4.78, 5) is 3.24. The molecule has 26 heavy (non-hydrogen) atoms. The number of hydrogen-bond acceptors (Lipinski definition) is 9. The number of rotatable bonds is 4. The molecule has 1 unspecified atom stereocenters. The smallest absolute Gasteiger partial charge is 0.381 e. The van der Waals surface area contributed by atoms with Crippen molar-refractivity contribution >= 4 is 73.6 Å². The molecule has 0 radical (unpaired) electrons. The highest BCUT2D eigenvalue weighted by atomic mass is 127. The zero-order valence-electron chi connectivity index (χ0n) is 13.4. The van der Waals surface area contributed by atoms with Crippen LogP contribution in [0.4, 0.5) is 0 Å². The molecule has 1 aromatic rings. The van der Waals surface area contributed by atoms with Gasteiger partial charge in [0.15, 0.2) is 0 Å². The van der Waals surface area contributed by atoms with Gasteiger partial charge < -0.3 is 9.84 Å². The summed E-state index contributed by atoms with van der Waals surface area (Å²) in [6.45, 7) is 3.52. The molecule has 1 saturated heterocycles. The van der Waals surface area contributed by atoms with Gasteiger partial charge in [-0.05, 0) is 87.8 Å². The van der Waals surface area contributed by atoms with Crippen molar-refractivity contribution in [1.82, 2.24) is 4.90 Å². The largest absolute Gasteiger partial charge is 0.506 e. The Morgan fingerprint density at radius 2 is 1.88 bits per heavy atom. The molecule has 1 N–H and O–H groups in total. The summed E-state index contributed by atoms with van der Waals surface area (Å²) in [5, 5.41) is 10.5. The lowest BCUT2D eigenvalue weighted by molar-refractivity contribution is -1.92. The first-order valence-corrected chi connectivity index (χ1v) is 12.4. The van der Waals surface area contributed by atoms with Gasteiger partial charge in [0, 0.05) is 32.0 Å². The average Bonchev–Trinajstić information content (AvgIpc) is 2.87. The number of halogens is 3. The number of morpholine rings is 1. The molecular formula is C14H14ClI2NO6S2. The lowest BCUT2D eigenvalue weighted by Crippen LogP contribution is -2.66. The molecule has 1 fully saturated rings. The zero-order chi connectivity index (χ0) is 19.1. The molecule has 1 aromatic carbocycles. The molecule has 0 bridgehead atoms. The average molecular weight is 646 g/mol. The Bertz CT molecular complexity index is 741. The second-order valence-corrected chi connectivity index (χ2v) is 11.6. The van der Waals surface area contributed by atoms with Crippen molar-refractivity contribution in [2.24, 2.45) is 0 Å². The van der Waals surface area contributed by atoms with Crippen LogP contribution in [0.25, 0.3) is 4.91 Å². The number of benzene rings is 1. The molecule has 7 nitrogen and oxygen atoms in total. The monoisotopic (exact) mass is 645 g/mol. The van der Waals surface area contributed by atoms with E-state index in [9.17, 15) is 19.1 Å². The van der Waals surface area contributed by atoms with Gasteiger partial charge in [-0.25, -0.2) is 4.90 Å². The maximum absolute atomic E-state index is 11.4. The van der Waals surface area contributed by atoms with E-state index in [1.165, 1.54) is 0 Å². The van der Waals surface area contributed by atoms with Crippen LogP contribution in [0.3, 0.4) is 0 Å². The fraction of sp³-hybridized carbons (Fsp3) is 0.429. The van der Waals surface area contributed by atoms with E-state index in [4.69, 9.17) is 9.03 Å². The number of ether oxygens (including phenoxy) is 1. The van der Waals surface area contributed by atoms with Crippen molar-refractivity contribution in [3.05, 3.63) is 29.7 Å². The summed E-state index contributed by atoms with van der Waals surface area (Å²) < 4.78 is 44.7. The van der Waals surface area contributed by atoms with E-state index < -0.39 is 14.6 Å². The van der Waals surface area contributed by atoms with Crippen LogP contribution >= 0.6 is 68.7 Å². The molecule has 1 atom stereocenters. The van der Waals surface area contributed by atoms with Crippen molar-refractivity contribution in [2.75, 3.05) is 26.3 Å². The molecule has 0 amide bonds. The SMILES string of the molecule is CC1=C(c2cc(I)cc(I)c2O)SC(O[Cl+3]([O-])([O-])[O-])(N2CCOCC2)S1. The molecule has 3 rings (SSSR count). The van der Waals surface area contributed by atoms with E-state index in [0.29, 0.717) is 40.3 Å². The number of aromatic hydroxyl groups is 1. The zero-order valence-corrected chi connectivity index (χ0v) is 20.1. The summed E-state index contributed by atoms with van der Waals surface area (Å²) >= 11 is 6.48. The number of thioether (sulfide) groups is 2. The van der Waals surface area contributed by atoms with E-state index in [1.807, 2.05) is 41.6 Å². The van der Waals surface area contributed by atoms with E-state index in [1.54, 1.807) is 4.90 Å². The van der Waals surface area contributed by atoms with Gasteiger partial charge in [0.1, 0.15) is 10.0 Å². The van der Waals surface area contributed by atoms with Crippen LogP contribution in [0, 0.1) is 17.4 Å². The van der Waals surface area contributed by atoms with Crippen LogP contribution in [-0.4, -0.2) is 40.7 Å². The topological polar surface area (TPSA) is 111 Å². The quantitative estimate of drug-likeness (QED) is 0.472. The highest BCUT2D eigenvalue weighted by Crippen LogP contribution is 2.61. The molecule has 144 valence electrons. The Hall–Kier alpha value is 0.970. The standard InChI is InChI=1S/C14H14ClI2NO6S2/c1-8-13(10-6-9(16)7-11(17)12(10)19)26-14(25-8,24-15(20,21)22)18-2-4-23-5-3-18/h6-7,19H,2-5H2,1H3. The molecule has 0 saturated carbocycles. The Labute approximate surface area is 188 Å². The predicted octanol–water partition coefficient (Wildman–Crippen LogP) is 0.627. The van der Waals surface area contributed by atoms with Gasteiger partial charge in [0.05, 0.1) is 27.0 Å². The van der Waals surface area contributed by atoms with Crippen LogP contribution in [-0.2, 0) is 9.03 Å². The van der Waals surface area contributed by atoms with Gasteiger partial charge in [-0.1, -0.05) is 0 Å². The maximum atomic E-state index is 11.4.